The molecule has 0 saturated heterocycles. The highest BCUT2D eigenvalue weighted by molar-refractivity contribution is 6.30. The van der Waals surface area contributed by atoms with Crippen LogP contribution in [0.3, 0.4) is 0 Å². The summed E-state index contributed by atoms with van der Waals surface area (Å²) in [5.74, 6) is 0.949. The highest BCUT2D eigenvalue weighted by Crippen LogP contribution is 2.19. The van der Waals surface area contributed by atoms with Gasteiger partial charge < -0.3 is 15.8 Å². The highest BCUT2D eigenvalue weighted by Gasteiger charge is 2.04. The van der Waals surface area contributed by atoms with Gasteiger partial charge in [-0.05, 0) is 30.7 Å². The van der Waals surface area contributed by atoms with Gasteiger partial charge in [0.05, 0.1) is 12.3 Å². The molecule has 110 valence electrons. The lowest BCUT2D eigenvalue weighted by Gasteiger charge is -2.08. The van der Waals surface area contributed by atoms with Crippen LogP contribution in [-0.2, 0) is 4.79 Å². The largest absolute Gasteiger partial charge is 0.491 e. The number of carbonyl (C=O) groups excluding carboxylic acids is 1. The number of halogens is 1. The number of hydrogen-bond donors (Lipinski definition) is 2. The van der Waals surface area contributed by atoms with Crippen molar-refractivity contribution in [3.63, 3.8) is 0 Å². The number of para-hydroxylation sites is 2. The van der Waals surface area contributed by atoms with Gasteiger partial charge >= 0.3 is 0 Å². The molecule has 0 unspecified atom stereocenters. The van der Waals surface area contributed by atoms with Crippen molar-refractivity contribution < 1.29 is 9.53 Å². The van der Waals surface area contributed by atoms with E-state index in [-0.39, 0.29) is 5.91 Å². The number of anilines is 2. The minimum Gasteiger partial charge on any atom is -0.491 e. The van der Waals surface area contributed by atoms with E-state index < -0.39 is 0 Å². The van der Waals surface area contributed by atoms with Crippen molar-refractivity contribution in [2.75, 3.05) is 17.7 Å². The van der Waals surface area contributed by atoms with Gasteiger partial charge in [-0.25, -0.2) is 4.98 Å². The Morgan fingerprint density at radius 1 is 1.33 bits per heavy atom. The third-order valence-corrected chi connectivity index (χ3v) is 2.95. The van der Waals surface area contributed by atoms with Gasteiger partial charge in [0.15, 0.2) is 0 Å². The summed E-state index contributed by atoms with van der Waals surface area (Å²) in [5.41, 5.74) is 6.34. The van der Waals surface area contributed by atoms with Crippen LogP contribution < -0.4 is 15.8 Å². The van der Waals surface area contributed by atoms with Crippen LogP contribution in [0.15, 0.2) is 42.6 Å². The zero-order valence-corrected chi connectivity index (χ0v) is 12.1. The van der Waals surface area contributed by atoms with Crippen molar-refractivity contribution in [2.45, 2.75) is 12.8 Å². The van der Waals surface area contributed by atoms with E-state index in [1.165, 1.54) is 0 Å². The summed E-state index contributed by atoms with van der Waals surface area (Å²) in [5, 5.41) is 3.21. The standard InChI is InChI=1S/C15H16ClN3O2/c16-11-7-8-18-14(10-11)19-15(20)6-3-9-21-13-5-2-1-4-12(13)17/h1-2,4-5,7-8,10H,3,6,9,17H2,(H,18,19,20). The van der Waals surface area contributed by atoms with Crippen molar-refractivity contribution in [3.05, 3.63) is 47.6 Å². The summed E-state index contributed by atoms with van der Waals surface area (Å²) in [4.78, 5) is 15.7. The van der Waals surface area contributed by atoms with Gasteiger partial charge in [0.25, 0.3) is 0 Å². The summed E-state index contributed by atoms with van der Waals surface area (Å²) in [6.07, 6.45) is 2.46. The molecular weight excluding hydrogens is 290 g/mol. The van der Waals surface area contributed by atoms with Crippen molar-refractivity contribution in [1.82, 2.24) is 4.98 Å². The minimum absolute atomic E-state index is 0.130. The van der Waals surface area contributed by atoms with Crippen molar-refractivity contribution in [1.29, 1.82) is 0 Å². The molecule has 0 saturated carbocycles. The van der Waals surface area contributed by atoms with Crippen molar-refractivity contribution >= 4 is 29.0 Å². The monoisotopic (exact) mass is 305 g/mol. The molecule has 1 heterocycles. The molecule has 6 heteroatoms. The van der Waals surface area contributed by atoms with Crippen molar-refractivity contribution in [2.24, 2.45) is 0 Å². The lowest BCUT2D eigenvalue weighted by molar-refractivity contribution is -0.116. The number of hydrogen-bond acceptors (Lipinski definition) is 4. The maximum Gasteiger partial charge on any atom is 0.225 e. The van der Waals surface area contributed by atoms with Crippen LogP contribution in [-0.4, -0.2) is 17.5 Å². The number of rotatable bonds is 6. The van der Waals surface area contributed by atoms with E-state index in [1.807, 2.05) is 12.1 Å². The summed E-state index contributed by atoms with van der Waals surface area (Å²) in [7, 11) is 0. The molecule has 0 spiro atoms. The summed E-state index contributed by atoms with van der Waals surface area (Å²) >= 11 is 5.81. The number of nitrogens with two attached hydrogens (primary N) is 1. The third-order valence-electron chi connectivity index (χ3n) is 2.71. The SMILES string of the molecule is Nc1ccccc1OCCCC(=O)Nc1cc(Cl)ccn1. The average molecular weight is 306 g/mol. The Morgan fingerprint density at radius 3 is 2.90 bits per heavy atom. The smallest absolute Gasteiger partial charge is 0.225 e. The van der Waals surface area contributed by atoms with E-state index in [2.05, 4.69) is 10.3 Å². The Labute approximate surface area is 128 Å². The normalized spacial score (nSPS) is 10.1. The first kappa shape index (κ1) is 15.1. The number of ether oxygens (including phenoxy) is 1. The first-order valence-corrected chi connectivity index (χ1v) is 6.91. The molecule has 3 N–H and O–H groups in total. The number of benzene rings is 1. The van der Waals surface area contributed by atoms with Crippen molar-refractivity contribution in [3.8, 4) is 5.75 Å². The molecular formula is C15H16ClN3O2. The maximum absolute atomic E-state index is 11.7. The quantitative estimate of drug-likeness (QED) is 0.635. The number of pyridine rings is 1. The Balaban J connectivity index is 1.71. The Morgan fingerprint density at radius 2 is 2.14 bits per heavy atom. The fourth-order valence-corrected chi connectivity index (χ4v) is 1.86. The van der Waals surface area contributed by atoms with Gasteiger partial charge in [-0.15, -0.1) is 0 Å². The molecule has 1 amide bonds. The van der Waals surface area contributed by atoms with Gasteiger partial charge in [0, 0.05) is 17.6 Å². The second kappa shape index (κ2) is 7.50. The fraction of sp³-hybridized carbons (Fsp3) is 0.200. The minimum atomic E-state index is -0.130. The number of nitrogen functional groups attached to an aromatic ring is 1. The lowest BCUT2D eigenvalue weighted by Crippen LogP contribution is -2.13. The fourth-order valence-electron chi connectivity index (χ4n) is 1.71. The lowest BCUT2D eigenvalue weighted by atomic mass is 10.3. The zero-order valence-electron chi connectivity index (χ0n) is 11.4. The number of amides is 1. The third kappa shape index (κ3) is 4.96. The highest BCUT2D eigenvalue weighted by atomic mass is 35.5. The van der Waals surface area contributed by atoms with Crippen LogP contribution in [0.2, 0.25) is 5.02 Å². The van der Waals surface area contributed by atoms with Crippen LogP contribution in [0.1, 0.15) is 12.8 Å². The molecule has 21 heavy (non-hydrogen) atoms. The van der Waals surface area contributed by atoms with Crippen LogP contribution >= 0.6 is 11.6 Å². The Kier molecular flexibility index (Phi) is 5.40. The summed E-state index contributed by atoms with van der Waals surface area (Å²) in [6, 6.07) is 10.5. The molecule has 2 aromatic rings. The molecule has 2 rings (SSSR count). The molecule has 0 bridgehead atoms. The number of nitrogens with zero attached hydrogens (tertiary/aromatic N) is 1. The van der Waals surface area contributed by atoms with Gasteiger partial charge in [-0.1, -0.05) is 23.7 Å². The van der Waals surface area contributed by atoms with Crippen LogP contribution in [0.5, 0.6) is 5.75 Å². The summed E-state index contributed by atoms with van der Waals surface area (Å²) < 4.78 is 5.51. The molecule has 0 aliphatic carbocycles. The molecule has 0 atom stereocenters. The van der Waals surface area contributed by atoms with E-state index in [0.717, 1.165) is 0 Å². The molecule has 0 fully saturated rings. The molecule has 0 aliphatic rings. The van der Waals surface area contributed by atoms with Crippen LogP contribution in [0.4, 0.5) is 11.5 Å². The Hall–Kier alpha value is -2.27. The second-order valence-electron chi connectivity index (χ2n) is 4.40. The number of carbonyl (C=O) groups is 1. The Bertz CT molecular complexity index is 619. The second-order valence-corrected chi connectivity index (χ2v) is 4.83. The predicted molar refractivity (Wildman–Crippen MR) is 83.5 cm³/mol. The molecule has 5 nitrogen and oxygen atoms in total. The topological polar surface area (TPSA) is 77.2 Å². The van der Waals surface area contributed by atoms with Gasteiger partial charge in [-0.2, -0.15) is 0 Å². The zero-order chi connectivity index (χ0) is 15.1. The maximum atomic E-state index is 11.7. The van der Waals surface area contributed by atoms with E-state index in [1.54, 1.807) is 30.5 Å². The molecule has 0 aliphatic heterocycles. The first-order valence-electron chi connectivity index (χ1n) is 6.54. The number of nitrogens with one attached hydrogen (secondary N) is 1. The first-order chi connectivity index (χ1) is 10.1. The van der Waals surface area contributed by atoms with Crippen LogP contribution in [0, 0.1) is 0 Å². The average Bonchev–Trinajstić information content (AvgIpc) is 2.45. The van der Waals surface area contributed by atoms with E-state index in [9.17, 15) is 4.79 Å². The van der Waals surface area contributed by atoms with Crippen LogP contribution in [0.25, 0.3) is 0 Å². The van der Waals surface area contributed by atoms with Gasteiger partial charge in [-0.3, -0.25) is 4.79 Å². The summed E-state index contributed by atoms with van der Waals surface area (Å²) in [6.45, 7) is 0.421. The van der Waals surface area contributed by atoms with Gasteiger partial charge in [0.2, 0.25) is 5.91 Å². The molecule has 0 radical (unpaired) electrons. The van der Waals surface area contributed by atoms with E-state index in [4.69, 9.17) is 22.1 Å². The van der Waals surface area contributed by atoms with E-state index in [0.29, 0.717) is 41.7 Å². The van der Waals surface area contributed by atoms with E-state index >= 15 is 0 Å². The predicted octanol–water partition coefficient (Wildman–Crippen LogP) is 3.11. The molecule has 1 aromatic heterocycles. The number of aromatic nitrogens is 1. The molecule has 1 aromatic carbocycles. The van der Waals surface area contributed by atoms with Gasteiger partial charge in [0.1, 0.15) is 11.6 Å².